The number of hydrogen-bond acceptors (Lipinski definition) is 3. The maximum Gasteiger partial charge on any atom is 0.325 e. The third-order valence-electron chi connectivity index (χ3n) is 4.58. The fourth-order valence-electron chi connectivity index (χ4n) is 2.74. The number of nitrogens with one attached hydrogen (secondary N) is 3. The molecule has 1 atom stereocenters. The zero-order valence-electron chi connectivity index (χ0n) is 16.1. The Balaban J connectivity index is 1.82. The fourth-order valence-corrected chi connectivity index (χ4v) is 2.74. The summed E-state index contributed by atoms with van der Waals surface area (Å²) in [5.74, 6) is 0.191. The van der Waals surface area contributed by atoms with E-state index < -0.39 is 5.54 Å². The number of urea groups is 1. The van der Waals surface area contributed by atoms with Crippen LogP contribution in [0.3, 0.4) is 0 Å². The van der Waals surface area contributed by atoms with Gasteiger partial charge < -0.3 is 16.0 Å². The molecule has 1 unspecified atom stereocenters. The molecular formula is C19H28FN5O2. The fraction of sp³-hybridized carbons (Fsp3) is 0.526. The minimum atomic E-state index is -0.796. The highest BCUT2D eigenvalue weighted by Crippen LogP contribution is 2.20. The Morgan fingerprint density at radius 1 is 1.22 bits per heavy atom. The summed E-state index contributed by atoms with van der Waals surface area (Å²) in [6.45, 7) is 7.64. The minimum absolute atomic E-state index is 0.174. The molecule has 1 aromatic carbocycles. The standard InChI is InChI=1S/C19H28FN5O2/c1-4-19(3)16(26)25(18(27)24-19)12-6-11-22-17(21-5-2)23-13-14-7-9-15(20)10-8-14/h7-10H,4-6,11-13H2,1-3H3,(H,24,27)(H2,21,22,23). The van der Waals surface area contributed by atoms with E-state index in [1.807, 2.05) is 13.8 Å². The van der Waals surface area contributed by atoms with Gasteiger partial charge in [-0.1, -0.05) is 19.1 Å². The lowest BCUT2D eigenvalue weighted by Gasteiger charge is -2.19. The first-order valence-corrected chi connectivity index (χ1v) is 9.30. The zero-order chi connectivity index (χ0) is 19.9. The van der Waals surface area contributed by atoms with Crippen molar-refractivity contribution < 1.29 is 14.0 Å². The number of imide groups is 1. The highest BCUT2D eigenvalue weighted by molar-refractivity contribution is 6.06. The predicted molar refractivity (Wildman–Crippen MR) is 103 cm³/mol. The van der Waals surface area contributed by atoms with Gasteiger partial charge in [0.15, 0.2) is 5.96 Å². The normalized spacial score (nSPS) is 20.0. The molecule has 3 N–H and O–H groups in total. The summed E-state index contributed by atoms with van der Waals surface area (Å²) in [7, 11) is 0. The lowest BCUT2D eigenvalue weighted by molar-refractivity contribution is -0.130. The first-order valence-electron chi connectivity index (χ1n) is 9.30. The average molecular weight is 377 g/mol. The Hall–Kier alpha value is -2.64. The number of benzene rings is 1. The van der Waals surface area contributed by atoms with Gasteiger partial charge in [-0.2, -0.15) is 0 Å². The number of aliphatic imine (C=N–C) groups is 1. The first kappa shape index (κ1) is 20.7. The number of rotatable bonds is 8. The number of guanidine groups is 1. The molecule has 0 bridgehead atoms. The van der Waals surface area contributed by atoms with E-state index in [2.05, 4.69) is 20.9 Å². The molecule has 2 rings (SSSR count). The summed E-state index contributed by atoms with van der Waals surface area (Å²) in [4.78, 5) is 30.1. The number of nitrogens with zero attached hydrogens (tertiary/aromatic N) is 2. The van der Waals surface area contributed by atoms with Crippen LogP contribution in [0.5, 0.6) is 0 Å². The van der Waals surface area contributed by atoms with Crippen molar-refractivity contribution in [3.05, 3.63) is 35.6 Å². The maximum atomic E-state index is 12.9. The van der Waals surface area contributed by atoms with E-state index in [4.69, 9.17) is 0 Å². The van der Waals surface area contributed by atoms with Crippen LogP contribution in [0.25, 0.3) is 0 Å². The predicted octanol–water partition coefficient (Wildman–Crippen LogP) is 1.99. The molecule has 27 heavy (non-hydrogen) atoms. The van der Waals surface area contributed by atoms with Crippen LogP contribution in [-0.2, 0) is 11.3 Å². The van der Waals surface area contributed by atoms with Crippen LogP contribution in [0, 0.1) is 5.82 Å². The number of halogens is 1. The van der Waals surface area contributed by atoms with E-state index >= 15 is 0 Å². The summed E-state index contributed by atoms with van der Waals surface area (Å²) < 4.78 is 12.9. The van der Waals surface area contributed by atoms with Crippen LogP contribution in [0.4, 0.5) is 9.18 Å². The second-order valence-corrected chi connectivity index (χ2v) is 6.67. The summed E-state index contributed by atoms with van der Waals surface area (Å²) in [5, 5.41) is 9.07. The molecular weight excluding hydrogens is 349 g/mol. The van der Waals surface area contributed by atoms with Gasteiger partial charge in [-0.15, -0.1) is 0 Å². The number of amides is 3. The van der Waals surface area contributed by atoms with Gasteiger partial charge in [-0.05, 0) is 44.4 Å². The Morgan fingerprint density at radius 3 is 2.52 bits per heavy atom. The Bertz CT molecular complexity index is 692. The third kappa shape index (κ3) is 5.42. The summed E-state index contributed by atoms with van der Waals surface area (Å²) >= 11 is 0. The van der Waals surface area contributed by atoms with Crippen molar-refractivity contribution in [1.82, 2.24) is 20.9 Å². The number of carbonyl (C=O) groups is 2. The van der Waals surface area contributed by atoms with Crippen molar-refractivity contribution in [3.63, 3.8) is 0 Å². The molecule has 1 saturated heterocycles. The van der Waals surface area contributed by atoms with Crippen LogP contribution in [-0.4, -0.2) is 48.0 Å². The SMILES string of the molecule is CCNC(=NCc1ccc(F)cc1)NCCCN1C(=O)NC(C)(CC)C1=O. The quantitative estimate of drug-likeness (QED) is 0.280. The largest absolute Gasteiger partial charge is 0.357 e. The second kappa shape index (κ2) is 9.34. The number of hydrogen-bond donors (Lipinski definition) is 3. The van der Waals surface area contributed by atoms with Crippen LogP contribution in [0.15, 0.2) is 29.3 Å². The highest BCUT2D eigenvalue weighted by Gasteiger charge is 2.45. The van der Waals surface area contributed by atoms with Crippen LogP contribution in [0.1, 0.15) is 39.2 Å². The summed E-state index contributed by atoms with van der Waals surface area (Å²) in [5.41, 5.74) is 0.113. The van der Waals surface area contributed by atoms with Gasteiger partial charge in [0.05, 0.1) is 6.54 Å². The van der Waals surface area contributed by atoms with E-state index in [1.165, 1.54) is 17.0 Å². The Labute approximate surface area is 159 Å². The van der Waals surface area contributed by atoms with Gasteiger partial charge in [-0.25, -0.2) is 14.2 Å². The van der Waals surface area contributed by atoms with Gasteiger partial charge in [-0.3, -0.25) is 9.69 Å². The van der Waals surface area contributed by atoms with E-state index in [0.717, 1.165) is 5.56 Å². The zero-order valence-corrected chi connectivity index (χ0v) is 16.1. The smallest absolute Gasteiger partial charge is 0.325 e. The Morgan fingerprint density at radius 2 is 1.93 bits per heavy atom. The molecule has 0 aromatic heterocycles. The Kier molecular flexibility index (Phi) is 7.15. The van der Waals surface area contributed by atoms with E-state index in [9.17, 15) is 14.0 Å². The van der Waals surface area contributed by atoms with Gasteiger partial charge in [0.25, 0.3) is 5.91 Å². The molecule has 1 aromatic rings. The van der Waals surface area contributed by atoms with Crippen molar-refractivity contribution >= 4 is 17.9 Å². The lowest BCUT2D eigenvalue weighted by atomic mass is 9.99. The highest BCUT2D eigenvalue weighted by atomic mass is 19.1. The monoisotopic (exact) mass is 377 g/mol. The molecule has 7 nitrogen and oxygen atoms in total. The number of carbonyl (C=O) groups excluding carboxylic acids is 2. The summed E-state index contributed by atoms with van der Waals surface area (Å²) in [6, 6.07) is 5.89. The molecule has 1 aliphatic heterocycles. The molecule has 0 aliphatic carbocycles. The molecule has 1 fully saturated rings. The topological polar surface area (TPSA) is 85.8 Å². The molecule has 3 amide bonds. The van der Waals surface area contributed by atoms with Gasteiger partial charge in [0, 0.05) is 19.6 Å². The van der Waals surface area contributed by atoms with Crippen LogP contribution < -0.4 is 16.0 Å². The van der Waals surface area contributed by atoms with Crippen molar-refractivity contribution in [2.24, 2.45) is 4.99 Å². The van der Waals surface area contributed by atoms with Crippen LogP contribution in [0.2, 0.25) is 0 Å². The van der Waals surface area contributed by atoms with Crippen molar-refractivity contribution in [2.75, 3.05) is 19.6 Å². The van der Waals surface area contributed by atoms with Crippen molar-refractivity contribution in [3.8, 4) is 0 Å². The van der Waals surface area contributed by atoms with Gasteiger partial charge in [0.2, 0.25) is 0 Å². The van der Waals surface area contributed by atoms with E-state index in [-0.39, 0.29) is 17.8 Å². The van der Waals surface area contributed by atoms with Crippen LogP contribution >= 0.6 is 0 Å². The molecule has 148 valence electrons. The molecule has 0 spiro atoms. The maximum absolute atomic E-state index is 12.9. The van der Waals surface area contributed by atoms with E-state index in [0.29, 0.717) is 45.0 Å². The van der Waals surface area contributed by atoms with Gasteiger partial charge >= 0.3 is 6.03 Å². The average Bonchev–Trinajstić information content (AvgIpc) is 2.87. The minimum Gasteiger partial charge on any atom is -0.357 e. The molecule has 8 heteroatoms. The molecule has 0 saturated carbocycles. The van der Waals surface area contributed by atoms with E-state index in [1.54, 1.807) is 19.1 Å². The molecule has 1 aliphatic rings. The second-order valence-electron chi connectivity index (χ2n) is 6.67. The van der Waals surface area contributed by atoms with Crippen molar-refractivity contribution in [2.45, 2.75) is 45.7 Å². The summed E-state index contributed by atoms with van der Waals surface area (Å²) in [6.07, 6.45) is 1.17. The van der Waals surface area contributed by atoms with Crippen molar-refractivity contribution in [1.29, 1.82) is 0 Å². The molecule has 0 radical (unpaired) electrons. The lowest BCUT2D eigenvalue weighted by Crippen LogP contribution is -2.43. The van der Waals surface area contributed by atoms with Gasteiger partial charge in [0.1, 0.15) is 11.4 Å². The molecule has 1 heterocycles. The third-order valence-corrected chi connectivity index (χ3v) is 4.58. The first-order chi connectivity index (χ1) is 12.9.